The molecular weight excluding hydrogens is 284 g/mol. The molecule has 0 N–H and O–H groups in total. The molecule has 0 radical (unpaired) electrons. The number of hydrogen-bond acceptors (Lipinski definition) is 2. The van der Waals surface area contributed by atoms with Crippen LogP contribution in [0.3, 0.4) is 0 Å². The first-order chi connectivity index (χ1) is 11.3. The number of hydrogen-bond donors (Lipinski definition) is 0. The molecule has 1 aliphatic carbocycles. The molecule has 1 saturated carbocycles. The molecule has 2 nitrogen and oxygen atoms in total. The lowest BCUT2D eigenvalue weighted by atomic mass is 9.69. The fraction of sp³-hybridized carbons (Fsp3) is 0.238. The standard InChI is InChI=1S/C21H20O2/c22-15-21-18(12-11-16-7-3-1-4-8-16)13-19(23)14-20(21)17-9-5-2-6-10-17/h1-12,15,18,20-21H,13-14H2/b12-11+/t18-,20-,21+/m1/s1. The molecule has 1 aliphatic rings. The van der Waals surface area contributed by atoms with Gasteiger partial charge in [0.25, 0.3) is 0 Å². The monoisotopic (exact) mass is 304 g/mol. The highest BCUT2D eigenvalue weighted by Crippen LogP contribution is 2.39. The summed E-state index contributed by atoms with van der Waals surface area (Å²) in [4.78, 5) is 23.9. The molecule has 1 fully saturated rings. The summed E-state index contributed by atoms with van der Waals surface area (Å²) in [6.45, 7) is 0. The Bertz CT molecular complexity index is 688. The Kier molecular flexibility index (Phi) is 4.82. The number of allylic oxidation sites excluding steroid dienone is 1. The summed E-state index contributed by atoms with van der Waals surface area (Å²) in [6.07, 6.45) is 5.99. The molecule has 2 aromatic carbocycles. The van der Waals surface area contributed by atoms with Crippen LogP contribution in [0.2, 0.25) is 0 Å². The number of carbonyl (C=O) groups is 2. The number of rotatable bonds is 4. The normalized spacial score (nSPS) is 24.7. The Morgan fingerprint density at radius 3 is 2.17 bits per heavy atom. The first-order valence-corrected chi connectivity index (χ1v) is 8.03. The SMILES string of the molecule is O=C[C@H]1[C@H](/C=C/c2ccccc2)CC(=O)C[C@@H]1c1ccccc1. The molecule has 2 heteroatoms. The quantitative estimate of drug-likeness (QED) is 0.790. The summed E-state index contributed by atoms with van der Waals surface area (Å²) in [5.41, 5.74) is 2.17. The Balaban J connectivity index is 1.85. The fourth-order valence-electron chi connectivity index (χ4n) is 3.39. The van der Waals surface area contributed by atoms with Crippen molar-refractivity contribution in [1.29, 1.82) is 0 Å². The lowest BCUT2D eigenvalue weighted by Crippen LogP contribution is -2.31. The van der Waals surface area contributed by atoms with Crippen molar-refractivity contribution in [2.45, 2.75) is 18.8 Å². The van der Waals surface area contributed by atoms with Gasteiger partial charge in [-0.05, 0) is 17.0 Å². The summed E-state index contributed by atoms with van der Waals surface area (Å²) in [6, 6.07) is 19.9. The van der Waals surface area contributed by atoms with Crippen LogP contribution in [0.1, 0.15) is 29.9 Å². The molecule has 0 amide bonds. The predicted molar refractivity (Wildman–Crippen MR) is 91.9 cm³/mol. The largest absolute Gasteiger partial charge is 0.303 e. The van der Waals surface area contributed by atoms with Crippen LogP contribution >= 0.6 is 0 Å². The number of ketones is 1. The van der Waals surface area contributed by atoms with Gasteiger partial charge in [0.05, 0.1) is 0 Å². The highest BCUT2D eigenvalue weighted by molar-refractivity contribution is 5.83. The van der Waals surface area contributed by atoms with Crippen molar-refractivity contribution in [3.63, 3.8) is 0 Å². The van der Waals surface area contributed by atoms with E-state index >= 15 is 0 Å². The van der Waals surface area contributed by atoms with Crippen LogP contribution < -0.4 is 0 Å². The molecule has 0 saturated heterocycles. The van der Waals surface area contributed by atoms with Crippen molar-refractivity contribution in [2.24, 2.45) is 11.8 Å². The van der Waals surface area contributed by atoms with Crippen LogP contribution in [0.4, 0.5) is 0 Å². The average Bonchev–Trinajstić information content (AvgIpc) is 2.61. The van der Waals surface area contributed by atoms with E-state index in [9.17, 15) is 9.59 Å². The van der Waals surface area contributed by atoms with E-state index in [0.29, 0.717) is 12.8 Å². The maximum atomic E-state index is 12.2. The summed E-state index contributed by atoms with van der Waals surface area (Å²) < 4.78 is 0. The van der Waals surface area contributed by atoms with Gasteiger partial charge >= 0.3 is 0 Å². The topological polar surface area (TPSA) is 34.1 Å². The summed E-state index contributed by atoms with van der Waals surface area (Å²) in [5, 5.41) is 0. The Hall–Kier alpha value is -2.48. The van der Waals surface area contributed by atoms with Gasteiger partial charge in [0.2, 0.25) is 0 Å². The molecule has 0 unspecified atom stereocenters. The highest BCUT2D eigenvalue weighted by atomic mass is 16.1. The van der Waals surface area contributed by atoms with Gasteiger partial charge in [-0.25, -0.2) is 0 Å². The average molecular weight is 304 g/mol. The molecule has 0 aromatic heterocycles. The number of aldehydes is 1. The predicted octanol–water partition coefficient (Wildman–Crippen LogP) is 4.28. The Labute approximate surface area is 136 Å². The maximum Gasteiger partial charge on any atom is 0.134 e. The zero-order chi connectivity index (χ0) is 16.1. The van der Waals surface area contributed by atoms with Gasteiger partial charge in [0, 0.05) is 24.7 Å². The van der Waals surface area contributed by atoms with E-state index in [1.165, 1.54) is 0 Å². The Morgan fingerprint density at radius 1 is 0.870 bits per heavy atom. The Morgan fingerprint density at radius 2 is 1.52 bits per heavy atom. The van der Waals surface area contributed by atoms with Gasteiger partial charge in [-0.1, -0.05) is 72.8 Å². The summed E-state index contributed by atoms with van der Waals surface area (Å²) >= 11 is 0. The third kappa shape index (κ3) is 3.65. The molecule has 23 heavy (non-hydrogen) atoms. The van der Waals surface area contributed by atoms with E-state index in [-0.39, 0.29) is 23.5 Å². The summed E-state index contributed by atoms with van der Waals surface area (Å²) in [5.74, 6) is 0.0502. The minimum Gasteiger partial charge on any atom is -0.303 e. The van der Waals surface area contributed by atoms with Crippen molar-refractivity contribution in [3.05, 3.63) is 77.9 Å². The fourth-order valence-corrected chi connectivity index (χ4v) is 3.39. The van der Waals surface area contributed by atoms with Crippen LogP contribution in [-0.4, -0.2) is 12.1 Å². The van der Waals surface area contributed by atoms with Gasteiger partial charge in [0.1, 0.15) is 12.1 Å². The number of Topliss-reactive ketones (excluding diaryl/α,β-unsaturated/α-hetero) is 1. The van der Waals surface area contributed by atoms with Gasteiger partial charge in [-0.3, -0.25) is 4.79 Å². The van der Waals surface area contributed by atoms with Gasteiger partial charge in [-0.15, -0.1) is 0 Å². The van der Waals surface area contributed by atoms with Gasteiger partial charge in [-0.2, -0.15) is 0 Å². The number of benzene rings is 2. The van der Waals surface area contributed by atoms with Crippen molar-refractivity contribution >= 4 is 18.1 Å². The minimum atomic E-state index is -0.143. The third-order valence-electron chi connectivity index (χ3n) is 4.59. The van der Waals surface area contributed by atoms with Crippen molar-refractivity contribution in [1.82, 2.24) is 0 Å². The van der Waals surface area contributed by atoms with E-state index in [1.54, 1.807) is 0 Å². The van der Waals surface area contributed by atoms with Crippen molar-refractivity contribution < 1.29 is 9.59 Å². The van der Waals surface area contributed by atoms with E-state index in [4.69, 9.17) is 0 Å². The molecule has 0 aliphatic heterocycles. The first-order valence-electron chi connectivity index (χ1n) is 8.03. The smallest absolute Gasteiger partial charge is 0.134 e. The van der Waals surface area contributed by atoms with Crippen LogP contribution in [0.15, 0.2) is 66.7 Å². The van der Waals surface area contributed by atoms with E-state index in [1.807, 2.05) is 72.8 Å². The van der Waals surface area contributed by atoms with Crippen LogP contribution in [0.25, 0.3) is 6.08 Å². The lowest BCUT2D eigenvalue weighted by Gasteiger charge is -2.33. The third-order valence-corrected chi connectivity index (χ3v) is 4.59. The molecule has 0 spiro atoms. The summed E-state index contributed by atoms with van der Waals surface area (Å²) in [7, 11) is 0. The molecule has 0 bridgehead atoms. The highest BCUT2D eigenvalue weighted by Gasteiger charge is 2.36. The van der Waals surface area contributed by atoms with Crippen molar-refractivity contribution in [2.75, 3.05) is 0 Å². The number of carbonyl (C=O) groups excluding carboxylic acids is 2. The minimum absolute atomic E-state index is 0.0135. The zero-order valence-corrected chi connectivity index (χ0v) is 13.0. The molecule has 3 atom stereocenters. The lowest BCUT2D eigenvalue weighted by molar-refractivity contribution is -0.124. The molecular formula is C21H20O2. The zero-order valence-electron chi connectivity index (χ0n) is 13.0. The second-order valence-corrected chi connectivity index (χ2v) is 6.11. The van der Waals surface area contributed by atoms with Crippen LogP contribution in [0, 0.1) is 11.8 Å². The van der Waals surface area contributed by atoms with Gasteiger partial charge in [0.15, 0.2) is 0 Å². The second-order valence-electron chi connectivity index (χ2n) is 6.11. The van der Waals surface area contributed by atoms with E-state index < -0.39 is 0 Å². The van der Waals surface area contributed by atoms with Gasteiger partial charge < -0.3 is 4.79 Å². The van der Waals surface area contributed by atoms with Crippen LogP contribution in [0.5, 0.6) is 0 Å². The second kappa shape index (κ2) is 7.19. The molecule has 2 aromatic rings. The molecule has 116 valence electrons. The van der Waals surface area contributed by atoms with E-state index in [2.05, 4.69) is 0 Å². The maximum absolute atomic E-state index is 12.2. The molecule has 3 rings (SSSR count). The first kappa shape index (κ1) is 15.4. The molecule has 0 heterocycles. The van der Waals surface area contributed by atoms with E-state index in [0.717, 1.165) is 17.4 Å². The van der Waals surface area contributed by atoms with Crippen LogP contribution in [-0.2, 0) is 9.59 Å². The van der Waals surface area contributed by atoms with Crippen molar-refractivity contribution in [3.8, 4) is 0 Å².